The third-order valence-corrected chi connectivity index (χ3v) is 8.33. The number of allylic oxidation sites excluding steroid dienone is 2. The van der Waals surface area contributed by atoms with Crippen LogP contribution in [0.15, 0.2) is 59.1 Å². The summed E-state index contributed by atoms with van der Waals surface area (Å²) in [5.41, 5.74) is 8.07. The number of carboxylic acid groups (broad SMARTS) is 1. The third-order valence-electron chi connectivity index (χ3n) is 8.33. The summed E-state index contributed by atoms with van der Waals surface area (Å²) in [4.78, 5) is 13.6. The summed E-state index contributed by atoms with van der Waals surface area (Å²) in [7, 11) is 0. The van der Waals surface area contributed by atoms with Crippen LogP contribution < -0.4 is 4.90 Å². The topological polar surface area (TPSA) is 92.4 Å². The molecule has 0 atom stereocenters. The molecule has 0 amide bonds. The van der Waals surface area contributed by atoms with E-state index in [9.17, 15) is 4.79 Å². The molecular weight excluding hydrogens is 464 g/mol. The van der Waals surface area contributed by atoms with E-state index < -0.39 is 5.97 Å². The van der Waals surface area contributed by atoms with Gasteiger partial charge in [-0.1, -0.05) is 41.6 Å². The summed E-state index contributed by atoms with van der Waals surface area (Å²) in [6.07, 6.45) is 8.16. The summed E-state index contributed by atoms with van der Waals surface area (Å²) >= 11 is 0. The average Bonchev–Trinajstić information content (AvgIpc) is 3.65. The van der Waals surface area contributed by atoms with Crippen molar-refractivity contribution in [3.8, 4) is 11.3 Å². The van der Waals surface area contributed by atoms with Crippen LogP contribution in [0.3, 0.4) is 0 Å². The Hall–Kier alpha value is -4.00. The highest BCUT2D eigenvalue weighted by molar-refractivity contribution is 5.91. The molecule has 2 fully saturated rings. The second-order valence-electron chi connectivity index (χ2n) is 10.8. The molecule has 7 nitrogen and oxygen atoms in total. The number of hydrogen-bond acceptors (Lipinski definition) is 6. The number of benzene rings is 2. The van der Waals surface area contributed by atoms with E-state index in [0.29, 0.717) is 5.92 Å². The lowest BCUT2D eigenvalue weighted by Gasteiger charge is -2.47. The van der Waals surface area contributed by atoms with Crippen LogP contribution in [0.2, 0.25) is 0 Å². The van der Waals surface area contributed by atoms with Gasteiger partial charge in [0.2, 0.25) is 0 Å². The Morgan fingerprint density at radius 2 is 1.86 bits per heavy atom. The van der Waals surface area contributed by atoms with Crippen molar-refractivity contribution >= 4 is 28.1 Å². The summed E-state index contributed by atoms with van der Waals surface area (Å²) in [6.45, 7) is 4.08. The van der Waals surface area contributed by atoms with E-state index in [1.165, 1.54) is 35.1 Å². The molecule has 186 valence electrons. The summed E-state index contributed by atoms with van der Waals surface area (Å²) in [5.74, 6) is 0.538. The molecule has 37 heavy (non-hydrogen) atoms. The van der Waals surface area contributed by atoms with E-state index in [0.717, 1.165) is 60.4 Å². The van der Waals surface area contributed by atoms with Crippen LogP contribution in [0.25, 0.3) is 27.7 Å². The van der Waals surface area contributed by atoms with Gasteiger partial charge in [-0.3, -0.25) is 0 Å². The van der Waals surface area contributed by atoms with Crippen molar-refractivity contribution in [1.29, 1.82) is 0 Å². The van der Waals surface area contributed by atoms with Gasteiger partial charge >= 0.3 is 5.97 Å². The minimum absolute atomic E-state index is 0.0315. The van der Waals surface area contributed by atoms with Crippen LogP contribution in [0.4, 0.5) is 5.69 Å². The Kier molecular flexibility index (Phi) is 4.96. The second kappa shape index (κ2) is 8.26. The Morgan fingerprint density at radius 1 is 1.08 bits per heavy atom. The molecule has 0 unspecified atom stereocenters. The maximum absolute atomic E-state index is 11.2. The predicted molar refractivity (Wildman–Crippen MR) is 142 cm³/mol. The Bertz CT molecular complexity index is 1580. The quantitative estimate of drug-likeness (QED) is 0.352. The fraction of sp³-hybridized carbons (Fsp3) is 0.333. The van der Waals surface area contributed by atoms with Crippen molar-refractivity contribution in [2.45, 2.75) is 44.9 Å². The van der Waals surface area contributed by atoms with Gasteiger partial charge in [0.05, 0.1) is 5.52 Å². The zero-order valence-electron chi connectivity index (χ0n) is 20.8. The number of aromatic nitrogens is 3. The molecule has 7 rings (SSSR count). The van der Waals surface area contributed by atoms with E-state index in [1.54, 1.807) is 6.07 Å². The van der Waals surface area contributed by atoms with Crippen LogP contribution >= 0.6 is 0 Å². The Balaban J connectivity index is 1.12. The van der Waals surface area contributed by atoms with Gasteiger partial charge in [-0.25, -0.2) is 4.79 Å². The van der Waals surface area contributed by atoms with E-state index in [4.69, 9.17) is 9.63 Å². The fourth-order valence-electron chi connectivity index (χ4n) is 6.00. The zero-order chi connectivity index (χ0) is 25.1. The van der Waals surface area contributed by atoms with Gasteiger partial charge in [0.15, 0.2) is 5.69 Å². The average molecular weight is 493 g/mol. The molecule has 2 aromatic heterocycles. The number of carbonyl (C=O) groups is 1. The molecule has 0 bridgehead atoms. The lowest BCUT2D eigenvalue weighted by atomic mass is 9.63. The Morgan fingerprint density at radius 3 is 2.59 bits per heavy atom. The number of carboxylic acids is 1. The molecule has 2 aromatic carbocycles. The molecule has 3 aliphatic rings. The van der Waals surface area contributed by atoms with Gasteiger partial charge < -0.3 is 14.5 Å². The first-order valence-corrected chi connectivity index (χ1v) is 13.0. The zero-order valence-corrected chi connectivity index (χ0v) is 20.8. The second-order valence-corrected chi connectivity index (χ2v) is 10.8. The molecule has 1 saturated carbocycles. The summed E-state index contributed by atoms with van der Waals surface area (Å²) < 4.78 is 5.95. The number of aromatic carboxylic acids is 1. The number of aryl methyl sites for hydroxylation is 1. The summed E-state index contributed by atoms with van der Waals surface area (Å²) in [5, 5.41) is 22.5. The highest BCUT2D eigenvalue weighted by Crippen LogP contribution is 2.55. The van der Waals surface area contributed by atoms with Crippen LogP contribution in [-0.4, -0.2) is 39.5 Å². The smallest absolute Gasteiger partial charge is 0.356 e. The largest absolute Gasteiger partial charge is 0.476 e. The standard InChI is InChI=1S/C30H28N4O3/c1-18-4-2-3-5-23(18)27-26(28(37-33-27)19-6-7-19)21-16-30(17-21)10-12-34(13-11-30)22-9-8-20-14-25(29(35)36)32-31-24(20)15-22/h2-5,8-9,14-16,19H,6-7,10-13,17H2,1H3,(H,35,36). The third kappa shape index (κ3) is 3.80. The molecule has 1 spiro atoms. The molecule has 2 aliphatic carbocycles. The maximum atomic E-state index is 11.2. The van der Waals surface area contributed by atoms with Gasteiger partial charge in [-0.2, -0.15) is 0 Å². The first-order valence-electron chi connectivity index (χ1n) is 13.0. The van der Waals surface area contributed by atoms with E-state index in [2.05, 4.69) is 63.6 Å². The van der Waals surface area contributed by atoms with Crippen molar-refractivity contribution < 1.29 is 14.4 Å². The first kappa shape index (κ1) is 22.2. The van der Waals surface area contributed by atoms with Crippen molar-refractivity contribution in [3.63, 3.8) is 0 Å². The molecule has 0 radical (unpaired) electrons. The first-order chi connectivity index (χ1) is 18.0. The highest BCUT2D eigenvalue weighted by atomic mass is 16.5. The van der Waals surface area contributed by atoms with Gasteiger partial charge in [0, 0.05) is 41.2 Å². The van der Waals surface area contributed by atoms with Gasteiger partial charge in [0.25, 0.3) is 0 Å². The molecule has 1 aliphatic heterocycles. The van der Waals surface area contributed by atoms with Gasteiger partial charge in [0.1, 0.15) is 11.5 Å². The number of nitrogens with zero attached hydrogens (tertiary/aromatic N) is 4. The maximum Gasteiger partial charge on any atom is 0.356 e. The van der Waals surface area contributed by atoms with E-state index in [-0.39, 0.29) is 11.1 Å². The minimum atomic E-state index is -1.06. The fourth-order valence-corrected chi connectivity index (χ4v) is 6.00. The molecule has 7 heteroatoms. The monoisotopic (exact) mass is 492 g/mol. The number of fused-ring (bicyclic) bond motifs is 1. The van der Waals surface area contributed by atoms with Crippen LogP contribution in [-0.2, 0) is 0 Å². The van der Waals surface area contributed by atoms with E-state index in [1.807, 2.05) is 12.1 Å². The van der Waals surface area contributed by atoms with Gasteiger partial charge in [-0.15, -0.1) is 10.2 Å². The van der Waals surface area contributed by atoms with E-state index >= 15 is 0 Å². The van der Waals surface area contributed by atoms with Crippen molar-refractivity contribution in [2.75, 3.05) is 18.0 Å². The lowest BCUT2D eigenvalue weighted by molar-refractivity contribution is 0.0689. The van der Waals surface area contributed by atoms with Crippen molar-refractivity contribution in [1.82, 2.24) is 15.4 Å². The van der Waals surface area contributed by atoms with Crippen LogP contribution in [0.5, 0.6) is 0 Å². The number of anilines is 1. The lowest BCUT2D eigenvalue weighted by Crippen LogP contribution is -2.42. The highest BCUT2D eigenvalue weighted by Gasteiger charge is 2.43. The molecule has 4 aromatic rings. The predicted octanol–water partition coefficient (Wildman–Crippen LogP) is 6.24. The summed E-state index contributed by atoms with van der Waals surface area (Å²) in [6, 6.07) is 16.0. The number of hydrogen-bond donors (Lipinski definition) is 1. The minimum Gasteiger partial charge on any atom is -0.476 e. The number of rotatable bonds is 5. The van der Waals surface area contributed by atoms with Crippen molar-refractivity contribution in [3.05, 3.63) is 77.2 Å². The SMILES string of the molecule is Cc1ccccc1-c1noc(C2CC2)c1C1=CC2(CCN(c3ccc4cc(C(=O)O)nnc4c3)CC2)C1. The number of piperidine rings is 1. The van der Waals surface area contributed by atoms with Crippen molar-refractivity contribution in [2.24, 2.45) is 5.41 Å². The van der Waals surface area contributed by atoms with Crippen LogP contribution in [0.1, 0.15) is 65.4 Å². The Labute approximate surface area is 214 Å². The molecule has 3 heterocycles. The molecule has 1 N–H and O–H groups in total. The molecule has 1 saturated heterocycles. The normalized spacial score (nSPS) is 18.6. The molecular formula is C30H28N4O3. The van der Waals surface area contributed by atoms with Crippen LogP contribution in [0, 0.1) is 12.3 Å². The van der Waals surface area contributed by atoms with Gasteiger partial charge in [-0.05, 0) is 73.8 Å².